The van der Waals surface area contributed by atoms with Gasteiger partial charge in [0.05, 0.1) is 0 Å². The molecule has 0 amide bonds. The Morgan fingerprint density at radius 2 is 2.09 bits per heavy atom. The molecular weight excluding hydrogens is 144 g/mol. The van der Waals surface area contributed by atoms with E-state index in [1.54, 1.807) is 0 Å². The Labute approximate surface area is 68.4 Å². The van der Waals surface area contributed by atoms with Crippen LogP contribution in [0.3, 0.4) is 0 Å². The normalized spacial score (nSPS) is 8.27. The molecule has 0 aromatic heterocycles. The highest BCUT2D eigenvalue weighted by molar-refractivity contribution is 5.62. The van der Waals surface area contributed by atoms with Crippen molar-refractivity contribution in [2.24, 2.45) is 0 Å². The number of aliphatic carboxylic acids is 1. The summed E-state index contributed by atoms with van der Waals surface area (Å²) < 4.78 is 4.96. The fourth-order valence-electron chi connectivity index (χ4n) is 0.348. The van der Waals surface area contributed by atoms with Crippen LogP contribution in [0.4, 0.5) is 0 Å². The first-order chi connectivity index (χ1) is 5.15. The Bertz CT molecular complexity index is 73.4. The summed E-state index contributed by atoms with van der Waals surface area (Å²) >= 11 is 0. The van der Waals surface area contributed by atoms with E-state index in [1.165, 1.54) is 6.42 Å². The first-order valence-electron chi connectivity index (χ1n) is 3.71. The highest BCUT2D eigenvalue weighted by atomic mass is 16.5. The van der Waals surface area contributed by atoms with Gasteiger partial charge in [0.25, 0.3) is 5.97 Å². The van der Waals surface area contributed by atoms with Gasteiger partial charge in [-0.3, -0.25) is 4.79 Å². The van der Waals surface area contributed by atoms with E-state index in [2.05, 4.69) is 13.8 Å². The summed E-state index contributed by atoms with van der Waals surface area (Å²) in [5.41, 5.74) is 0. The van der Waals surface area contributed by atoms with Crippen LogP contribution in [0.2, 0.25) is 0 Å². The van der Waals surface area contributed by atoms with Gasteiger partial charge in [0.1, 0.15) is 0 Å². The van der Waals surface area contributed by atoms with Gasteiger partial charge in [-0.1, -0.05) is 13.3 Å². The highest BCUT2D eigenvalue weighted by Crippen LogP contribution is 1.85. The molecule has 67 valence electrons. The van der Waals surface area contributed by atoms with E-state index in [4.69, 9.17) is 14.6 Å². The van der Waals surface area contributed by atoms with E-state index < -0.39 is 5.97 Å². The highest BCUT2D eigenvalue weighted by Gasteiger charge is 1.78. The largest absolute Gasteiger partial charge is 0.481 e. The Hall–Kier alpha value is -0.570. The summed E-state index contributed by atoms with van der Waals surface area (Å²) in [5.74, 6) is -0.833. The Kier molecular flexibility index (Phi) is 14.4. The zero-order valence-corrected chi connectivity index (χ0v) is 7.30. The summed E-state index contributed by atoms with van der Waals surface area (Å²) in [7, 11) is 0. The van der Waals surface area contributed by atoms with Crippen LogP contribution in [0, 0.1) is 6.92 Å². The van der Waals surface area contributed by atoms with Crippen LogP contribution >= 0.6 is 0 Å². The lowest BCUT2D eigenvalue weighted by Crippen LogP contribution is -1.91. The van der Waals surface area contributed by atoms with Crippen molar-refractivity contribution >= 4 is 5.97 Å². The molecule has 0 aliphatic carbocycles. The van der Waals surface area contributed by atoms with Crippen molar-refractivity contribution < 1.29 is 14.6 Å². The Morgan fingerprint density at radius 1 is 1.64 bits per heavy atom. The van der Waals surface area contributed by atoms with Crippen molar-refractivity contribution in [2.45, 2.75) is 26.7 Å². The standard InChI is InChI=1S/C6H13O.C2H4O2/c1-3-5-6-7-4-2;1-2(3)4/h2-6H2,1H3;1H3,(H,3,4). The minimum atomic E-state index is -0.833. The van der Waals surface area contributed by atoms with Gasteiger partial charge in [0.2, 0.25) is 0 Å². The van der Waals surface area contributed by atoms with Gasteiger partial charge in [-0.15, -0.1) is 0 Å². The summed E-state index contributed by atoms with van der Waals surface area (Å²) in [6.07, 6.45) is 2.37. The maximum absolute atomic E-state index is 9.00. The van der Waals surface area contributed by atoms with Crippen LogP contribution in [0.25, 0.3) is 0 Å². The first-order valence-corrected chi connectivity index (χ1v) is 3.71. The fraction of sp³-hybridized carbons (Fsp3) is 0.750. The molecule has 0 saturated carbocycles. The summed E-state index contributed by atoms with van der Waals surface area (Å²) in [4.78, 5) is 9.00. The molecule has 0 aliphatic heterocycles. The van der Waals surface area contributed by atoms with Crippen molar-refractivity contribution in [3.63, 3.8) is 0 Å². The topological polar surface area (TPSA) is 46.5 Å². The number of unbranched alkanes of at least 4 members (excludes halogenated alkanes) is 1. The van der Waals surface area contributed by atoms with E-state index in [-0.39, 0.29) is 0 Å². The molecule has 0 aliphatic rings. The molecular formula is C8H17O3. The number of hydrogen-bond donors (Lipinski definition) is 1. The Balaban J connectivity index is 0. The van der Waals surface area contributed by atoms with E-state index in [0.717, 1.165) is 20.0 Å². The predicted molar refractivity (Wildman–Crippen MR) is 44.4 cm³/mol. The molecule has 0 saturated heterocycles. The molecule has 0 atom stereocenters. The van der Waals surface area contributed by atoms with Crippen LogP contribution in [-0.2, 0) is 9.53 Å². The van der Waals surface area contributed by atoms with Gasteiger partial charge in [-0.25, -0.2) is 0 Å². The molecule has 3 nitrogen and oxygen atoms in total. The monoisotopic (exact) mass is 161 g/mol. The van der Waals surface area contributed by atoms with Crippen molar-refractivity contribution in [1.82, 2.24) is 0 Å². The van der Waals surface area contributed by atoms with Crippen LogP contribution in [-0.4, -0.2) is 24.3 Å². The number of hydrogen-bond acceptors (Lipinski definition) is 2. The maximum Gasteiger partial charge on any atom is 0.300 e. The molecule has 3 heteroatoms. The average Bonchev–Trinajstić information content (AvgIpc) is 1.88. The zero-order valence-electron chi connectivity index (χ0n) is 7.30. The van der Waals surface area contributed by atoms with Crippen LogP contribution in [0.1, 0.15) is 26.7 Å². The molecule has 0 spiro atoms. The maximum atomic E-state index is 9.00. The second kappa shape index (κ2) is 12.1. The lowest BCUT2D eigenvalue weighted by molar-refractivity contribution is -0.134. The zero-order chi connectivity index (χ0) is 9.11. The summed E-state index contributed by atoms with van der Waals surface area (Å²) in [5, 5.41) is 7.42. The SMILES string of the molecule is CC(=O)O.[CH2]COCCCC. The number of rotatable bonds is 4. The number of ether oxygens (including phenoxy) is 1. The summed E-state index contributed by atoms with van der Waals surface area (Å²) in [6.45, 7) is 8.25. The lowest BCUT2D eigenvalue weighted by Gasteiger charge is -1.94. The molecule has 0 fully saturated rings. The number of carbonyl (C=O) groups is 1. The minimum Gasteiger partial charge on any atom is -0.481 e. The molecule has 0 unspecified atom stereocenters. The van der Waals surface area contributed by atoms with Crippen molar-refractivity contribution in [3.05, 3.63) is 6.92 Å². The van der Waals surface area contributed by atoms with Gasteiger partial charge in [0.15, 0.2) is 0 Å². The minimum absolute atomic E-state index is 0.611. The first kappa shape index (κ1) is 13.1. The van der Waals surface area contributed by atoms with Gasteiger partial charge >= 0.3 is 0 Å². The Morgan fingerprint density at radius 3 is 2.36 bits per heavy atom. The van der Waals surface area contributed by atoms with Gasteiger partial charge in [0, 0.05) is 20.1 Å². The van der Waals surface area contributed by atoms with Gasteiger partial charge in [-0.2, -0.15) is 0 Å². The number of carboxylic acids is 1. The summed E-state index contributed by atoms with van der Waals surface area (Å²) in [6, 6.07) is 0. The van der Waals surface area contributed by atoms with Crippen molar-refractivity contribution in [3.8, 4) is 0 Å². The van der Waals surface area contributed by atoms with E-state index >= 15 is 0 Å². The third kappa shape index (κ3) is 44.2. The van der Waals surface area contributed by atoms with Crippen molar-refractivity contribution in [1.29, 1.82) is 0 Å². The average molecular weight is 161 g/mol. The predicted octanol–water partition coefficient (Wildman–Crippen LogP) is 1.73. The molecule has 0 aromatic rings. The van der Waals surface area contributed by atoms with Gasteiger partial charge < -0.3 is 9.84 Å². The molecule has 1 N–H and O–H groups in total. The molecule has 1 radical (unpaired) electrons. The molecule has 0 heterocycles. The van der Waals surface area contributed by atoms with E-state index in [1.807, 2.05) is 0 Å². The van der Waals surface area contributed by atoms with Gasteiger partial charge in [-0.05, 0) is 13.3 Å². The lowest BCUT2D eigenvalue weighted by atomic mass is 10.4. The molecule has 0 rings (SSSR count). The third-order valence-corrected chi connectivity index (χ3v) is 0.787. The second-order valence-electron chi connectivity index (χ2n) is 1.98. The third-order valence-electron chi connectivity index (χ3n) is 0.787. The van der Waals surface area contributed by atoms with Crippen molar-refractivity contribution in [2.75, 3.05) is 13.2 Å². The fourth-order valence-corrected chi connectivity index (χ4v) is 0.348. The van der Waals surface area contributed by atoms with Crippen LogP contribution in [0.15, 0.2) is 0 Å². The van der Waals surface area contributed by atoms with Crippen LogP contribution in [0.5, 0.6) is 0 Å². The number of carboxylic acid groups (broad SMARTS) is 1. The molecule has 11 heavy (non-hydrogen) atoms. The molecule has 0 aromatic carbocycles. The van der Waals surface area contributed by atoms with E-state index in [9.17, 15) is 0 Å². The molecule has 0 bridgehead atoms. The quantitative estimate of drug-likeness (QED) is 0.639. The second-order valence-corrected chi connectivity index (χ2v) is 1.98. The smallest absolute Gasteiger partial charge is 0.300 e. The van der Waals surface area contributed by atoms with E-state index in [0.29, 0.717) is 6.61 Å². The van der Waals surface area contributed by atoms with Crippen LogP contribution < -0.4 is 0 Å².